The first-order valence-corrected chi connectivity index (χ1v) is 5.59. The lowest BCUT2D eigenvalue weighted by Gasteiger charge is -2.06. The third-order valence-electron chi connectivity index (χ3n) is 1.95. The molecule has 5 nitrogen and oxygen atoms in total. The molecule has 0 aliphatic rings. The second-order valence-electron chi connectivity index (χ2n) is 3.15. The van der Waals surface area contributed by atoms with Gasteiger partial charge in [0, 0.05) is 24.6 Å². The van der Waals surface area contributed by atoms with E-state index in [1.165, 1.54) is 6.33 Å². The van der Waals surface area contributed by atoms with Gasteiger partial charge in [-0.25, -0.2) is 9.97 Å². The topological polar surface area (TPSA) is 65.6 Å². The van der Waals surface area contributed by atoms with Gasteiger partial charge in [-0.05, 0) is 12.1 Å². The number of rotatable bonds is 5. The van der Waals surface area contributed by atoms with Gasteiger partial charge in [-0.2, -0.15) is 12.6 Å². The van der Waals surface area contributed by atoms with Gasteiger partial charge >= 0.3 is 0 Å². The molecule has 2 rings (SSSR count). The van der Waals surface area contributed by atoms with Crippen LogP contribution in [-0.2, 0) is 0 Å². The average Bonchev–Trinajstić information content (AvgIpc) is 2.80. The summed E-state index contributed by atoms with van der Waals surface area (Å²) < 4.78 is 0. The molecule has 0 bridgehead atoms. The Hall–Kier alpha value is -1.69. The fourth-order valence-electron chi connectivity index (χ4n) is 1.25. The summed E-state index contributed by atoms with van der Waals surface area (Å²) in [6, 6.07) is 5.71. The highest BCUT2D eigenvalue weighted by Crippen LogP contribution is 2.13. The van der Waals surface area contributed by atoms with Gasteiger partial charge in [0.05, 0.1) is 0 Å². The molecule has 0 amide bonds. The summed E-state index contributed by atoms with van der Waals surface area (Å²) in [5.41, 5.74) is 0. The van der Waals surface area contributed by atoms with E-state index in [-0.39, 0.29) is 0 Å². The summed E-state index contributed by atoms with van der Waals surface area (Å²) in [6.07, 6.45) is 3.37. The summed E-state index contributed by atoms with van der Waals surface area (Å²) in [7, 11) is 0. The highest BCUT2D eigenvalue weighted by atomic mass is 32.1. The molecule has 0 aliphatic heterocycles. The summed E-state index contributed by atoms with van der Waals surface area (Å²) in [4.78, 5) is 11.3. The largest absolute Gasteiger partial charge is 0.369 e. The summed E-state index contributed by atoms with van der Waals surface area (Å²) in [5.74, 6) is 3.21. The molecular formula is C10H13N5S. The van der Waals surface area contributed by atoms with Gasteiger partial charge in [0.1, 0.15) is 23.8 Å². The second-order valence-corrected chi connectivity index (χ2v) is 3.59. The Labute approximate surface area is 99.1 Å². The van der Waals surface area contributed by atoms with Crippen molar-refractivity contribution in [3.05, 3.63) is 30.7 Å². The van der Waals surface area contributed by atoms with Crippen molar-refractivity contribution in [2.45, 2.75) is 0 Å². The zero-order valence-corrected chi connectivity index (χ0v) is 9.54. The molecule has 2 aromatic heterocycles. The van der Waals surface area contributed by atoms with Crippen molar-refractivity contribution >= 4 is 30.1 Å². The molecule has 16 heavy (non-hydrogen) atoms. The molecule has 2 aromatic rings. The quantitative estimate of drug-likeness (QED) is 0.598. The smallest absolute Gasteiger partial charge is 0.136 e. The van der Waals surface area contributed by atoms with Gasteiger partial charge in [0.25, 0.3) is 0 Å². The van der Waals surface area contributed by atoms with Gasteiger partial charge in [-0.1, -0.05) is 0 Å². The number of hydrogen-bond acceptors (Lipinski definition) is 5. The number of nitrogens with one attached hydrogen (secondary N) is 3. The van der Waals surface area contributed by atoms with Crippen molar-refractivity contribution in [1.82, 2.24) is 15.0 Å². The molecule has 0 spiro atoms. The van der Waals surface area contributed by atoms with E-state index in [0.29, 0.717) is 0 Å². The van der Waals surface area contributed by atoms with E-state index in [4.69, 9.17) is 0 Å². The van der Waals surface area contributed by atoms with E-state index >= 15 is 0 Å². The van der Waals surface area contributed by atoms with E-state index in [1.54, 1.807) is 0 Å². The lowest BCUT2D eigenvalue weighted by molar-refractivity contribution is 1.12. The lowest BCUT2D eigenvalue weighted by atomic mass is 10.5. The number of nitrogens with zero attached hydrogens (tertiary/aromatic N) is 2. The zero-order chi connectivity index (χ0) is 11.2. The Morgan fingerprint density at radius 1 is 1.31 bits per heavy atom. The highest BCUT2D eigenvalue weighted by molar-refractivity contribution is 7.80. The van der Waals surface area contributed by atoms with Crippen molar-refractivity contribution in [2.75, 3.05) is 22.9 Å². The van der Waals surface area contributed by atoms with Crippen LogP contribution in [0.15, 0.2) is 30.7 Å². The van der Waals surface area contributed by atoms with Gasteiger partial charge in [-0.3, -0.25) is 0 Å². The minimum atomic E-state index is 0.749. The van der Waals surface area contributed by atoms with Crippen LogP contribution < -0.4 is 10.6 Å². The van der Waals surface area contributed by atoms with Crippen molar-refractivity contribution in [1.29, 1.82) is 0 Å². The van der Waals surface area contributed by atoms with Crippen LogP contribution >= 0.6 is 12.6 Å². The Bertz CT molecular complexity index is 429. The molecule has 0 aliphatic carbocycles. The monoisotopic (exact) mass is 235 g/mol. The zero-order valence-electron chi connectivity index (χ0n) is 8.64. The number of thiol groups is 1. The Kier molecular flexibility index (Phi) is 3.66. The van der Waals surface area contributed by atoms with Crippen molar-refractivity contribution in [2.24, 2.45) is 0 Å². The average molecular weight is 235 g/mol. The second kappa shape index (κ2) is 5.41. The number of aromatic nitrogens is 3. The Balaban J connectivity index is 2.04. The maximum absolute atomic E-state index is 4.12. The molecule has 0 unspecified atom stereocenters. The Morgan fingerprint density at radius 3 is 2.94 bits per heavy atom. The fraction of sp³-hybridized carbons (Fsp3) is 0.200. The highest BCUT2D eigenvalue weighted by Gasteiger charge is 1.98. The molecular weight excluding hydrogens is 222 g/mol. The van der Waals surface area contributed by atoms with Gasteiger partial charge in [-0.15, -0.1) is 0 Å². The van der Waals surface area contributed by atoms with Gasteiger partial charge in [0.15, 0.2) is 0 Å². The molecule has 3 N–H and O–H groups in total. The summed E-state index contributed by atoms with van der Waals surface area (Å²) in [5, 5.41) is 6.27. The normalized spacial score (nSPS) is 10.1. The SMILES string of the molecule is SCCNc1cc(Nc2ccc[nH]2)ncn1. The number of hydrogen-bond donors (Lipinski definition) is 4. The van der Waals surface area contributed by atoms with Crippen LogP contribution in [0.2, 0.25) is 0 Å². The third-order valence-corrected chi connectivity index (χ3v) is 2.17. The van der Waals surface area contributed by atoms with E-state index in [0.717, 1.165) is 29.8 Å². The molecule has 0 fully saturated rings. The molecule has 0 atom stereocenters. The summed E-state index contributed by atoms with van der Waals surface area (Å²) >= 11 is 4.12. The molecule has 0 radical (unpaired) electrons. The minimum absolute atomic E-state index is 0.749. The molecule has 0 aromatic carbocycles. The maximum Gasteiger partial charge on any atom is 0.136 e. The summed E-state index contributed by atoms with van der Waals surface area (Å²) in [6.45, 7) is 0.780. The van der Waals surface area contributed by atoms with Crippen molar-refractivity contribution in [3.8, 4) is 0 Å². The van der Waals surface area contributed by atoms with Gasteiger partial charge in [0.2, 0.25) is 0 Å². The van der Waals surface area contributed by atoms with E-state index in [2.05, 4.69) is 38.2 Å². The van der Waals surface area contributed by atoms with Crippen LogP contribution in [0.3, 0.4) is 0 Å². The standard InChI is InChI=1S/C10H13N5S/c16-5-4-12-9-6-10(14-7-13-9)15-8-2-1-3-11-8/h1-3,6-7,11,16H,4-5H2,(H2,12,13,14,15). The van der Waals surface area contributed by atoms with Crippen LogP contribution in [0.4, 0.5) is 17.5 Å². The van der Waals surface area contributed by atoms with Gasteiger partial charge < -0.3 is 15.6 Å². The van der Waals surface area contributed by atoms with E-state index in [9.17, 15) is 0 Å². The van der Waals surface area contributed by atoms with E-state index < -0.39 is 0 Å². The number of aromatic amines is 1. The van der Waals surface area contributed by atoms with Crippen LogP contribution in [-0.4, -0.2) is 27.2 Å². The molecule has 84 valence electrons. The maximum atomic E-state index is 4.12. The van der Waals surface area contributed by atoms with Crippen LogP contribution in [0.1, 0.15) is 0 Å². The van der Waals surface area contributed by atoms with E-state index in [1.807, 2.05) is 24.4 Å². The molecule has 2 heterocycles. The predicted molar refractivity (Wildman–Crippen MR) is 68.5 cm³/mol. The molecule has 0 saturated heterocycles. The number of H-pyrrole nitrogens is 1. The fourth-order valence-corrected chi connectivity index (χ4v) is 1.36. The lowest BCUT2D eigenvalue weighted by Crippen LogP contribution is -2.05. The third kappa shape index (κ3) is 2.90. The van der Waals surface area contributed by atoms with Crippen molar-refractivity contribution in [3.63, 3.8) is 0 Å². The Morgan fingerprint density at radius 2 is 2.19 bits per heavy atom. The van der Waals surface area contributed by atoms with Crippen LogP contribution in [0.5, 0.6) is 0 Å². The first-order valence-electron chi connectivity index (χ1n) is 4.95. The molecule has 6 heteroatoms. The first-order chi connectivity index (χ1) is 7.88. The predicted octanol–water partition coefficient (Wildman–Crippen LogP) is 1.89. The first kappa shape index (κ1) is 10.8. The van der Waals surface area contributed by atoms with Crippen LogP contribution in [0.25, 0.3) is 0 Å². The minimum Gasteiger partial charge on any atom is -0.369 e. The van der Waals surface area contributed by atoms with Crippen molar-refractivity contribution < 1.29 is 0 Å². The molecule has 0 saturated carbocycles. The number of anilines is 3. The van der Waals surface area contributed by atoms with Crippen LogP contribution in [0, 0.1) is 0 Å².